The van der Waals surface area contributed by atoms with Gasteiger partial charge in [0.05, 0.1) is 15.4 Å². The molecule has 2 aromatic rings. The van der Waals surface area contributed by atoms with E-state index in [0.29, 0.717) is 12.5 Å². The van der Waals surface area contributed by atoms with Gasteiger partial charge in [-0.2, -0.15) is 13.2 Å². The molecule has 0 saturated carbocycles. The molecule has 1 fully saturated rings. The van der Waals surface area contributed by atoms with Gasteiger partial charge in [0.15, 0.2) is 14.8 Å². The van der Waals surface area contributed by atoms with Crippen molar-refractivity contribution in [1.29, 1.82) is 0 Å². The molecule has 0 bridgehead atoms. The van der Waals surface area contributed by atoms with Crippen LogP contribution in [0.2, 0.25) is 0 Å². The highest BCUT2D eigenvalue weighted by atomic mass is 32.2. The maximum atomic E-state index is 13.7. The molecule has 5 nitrogen and oxygen atoms in total. The van der Waals surface area contributed by atoms with E-state index in [-0.39, 0.29) is 29.4 Å². The minimum absolute atomic E-state index is 0.0151. The van der Waals surface area contributed by atoms with Crippen LogP contribution in [0.25, 0.3) is 0 Å². The summed E-state index contributed by atoms with van der Waals surface area (Å²) in [4.78, 5) is -2.62. The van der Waals surface area contributed by atoms with Crippen LogP contribution in [-0.4, -0.2) is 29.7 Å². The zero-order valence-corrected chi connectivity index (χ0v) is 17.9. The molecular weight excluding hydrogens is 441 g/mol. The molecule has 2 atom stereocenters. The van der Waals surface area contributed by atoms with Crippen LogP contribution in [0, 0.1) is 5.92 Å². The molecule has 0 aromatic heterocycles. The fraction of sp³-hybridized carbons (Fsp3) is 0.400. The van der Waals surface area contributed by atoms with Crippen molar-refractivity contribution >= 4 is 19.7 Å². The number of alkyl halides is 3. The highest BCUT2D eigenvalue weighted by molar-refractivity contribution is 7.92. The number of ether oxygens (including phenoxy) is 1. The molecule has 1 saturated heterocycles. The van der Waals surface area contributed by atoms with Crippen molar-refractivity contribution in [1.82, 2.24) is 0 Å². The standard InChI is InChI=1S/C20H21F3O5S2/c1-14-9-10-28-19(13-14,15-5-3-7-17(11-15)29(2,24)25)30(26,27)18-8-4-6-16(12-18)20(21,22)23/h3-8,11-12,14H,9-10,13H2,1-2H3. The molecule has 164 valence electrons. The Morgan fingerprint density at radius 3 is 2.23 bits per heavy atom. The lowest BCUT2D eigenvalue weighted by atomic mass is 9.93. The van der Waals surface area contributed by atoms with Gasteiger partial charge in [0, 0.05) is 18.4 Å². The van der Waals surface area contributed by atoms with E-state index in [0.717, 1.165) is 24.5 Å². The van der Waals surface area contributed by atoms with E-state index < -0.39 is 41.2 Å². The van der Waals surface area contributed by atoms with Gasteiger partial charge >= 0.3 is 6.18 Å². The number of hydrogen-bond donors (Lipinski definition) is 0. The predicted octanol–water partition coefficient (Wildman–Crippen LogP) is 4.18. The van der Waals surface area contributed by atoms with Gasteiger partial charge in [-0.1, -0.05) is 25.1 Å². The molecule has 1 aliphatic heterocycles. The summed E-state index contributed by atoms with van der Waals surface area (Å²) in [5.41, 5.74) is -1.01. The lowest BCUT2D eigenvalue weighted by Crippen LogP contribution is -2.44. The molecule has 2 unspecified atom stereocenters. The van der Waals surface area contributed by atoms with Gasteiger partial charge in [0.2, 0.25) is 9.84 Å². The molecule has 0 amide bonds. The molecule has 10 heteroatoms. The van der Waals surface area contributed by atoms with Crippen molar-refractivity contribution in [3.05, 3.63) is 59.7 Å². The van der Waals surface area contributed by atoms with Crippen molar-refractivity contribution in [2.24, 2.45) is 5.92 Å². The van der Waals surface area contributed by atoms with Crippen LogP contribution in [0.4, 0.5) is 13.2 Å². The molecule has 0 spiro atoms. The highest BCUT2D eigenvalue weighted by Gasteiger charge is 2.51. The second-order valence-electron chi connectivity index (χ2n) is 7.53. The van der Waals surface area contributed by atoms with Crippen molar-refractivity contribution in [2.45, 2.75) is 40.7 Å². The van der Waals surface area contributed by atoms with E-state index in [1.54, 1.807) is 0 Å². The number of hydrogen-bond acceptors (Lipinski definition) is 5. The third-order valence-electron chi connectivity index (χ3n) is 5.17. The predicted molar refractivity (Wildman–Crippen MR) is 104 cm³/mol. The minimum Gasteiger partial charge on any atom is -0.354 e. The quantitative estimate of drug-likeness (QED) is 0.681. The third-order valence-corrected chi connectivity index (χ3v) is 8.54. The normalized spacial score (nSPS) is 23.3. The first-order chi connectivity index (χ1) is 13.8. The van der Waals surface area contributed by atoms with Gasteiger partial charge in [-0.3, -0.25) is 0 Å². The van der Waals surface area contributed by atoms with E-state index in [1.165, 1.54) is 24.3 Å². The van der Waals surface area contributed by atoms with Gasteiger partial charge in [0.25, 0.3) is 0 Å². The Labute approximate surface area is 173 Å². The van der Waals surface area contributed by atoms with E-state index >= 15 is 0 Å². The monoisotopic (exact) mass is 462 g/mol. The second kappa shape index (κ2) is 7.65. The van der Waals surface area contributed by atoms with Crippen LogP contribution >= 0.6 is 0 Å². The van der Waals surface area contributed by atoms with Crippen LogP contribution < -0.4 is 0 Å². The van der Waals surface area contributed by atoms with E-state index in [2.05, 4.69) is 0 Å². The topological polar surface area (TPSA) is 77.5 Å². The Balaban J connectivity index is 2.25. The lowest BCUT2D eigenvalue weighted by Gasteiger charge is -2.40. The fourth-order valence-electron chi connectivity index (χ4n) is 3.58. The van der Waals surface area contributed by atoms with Gasteiger partial charge in [-0.15, -0.1) is 0 Å². The molecule has 30 heavy (non-hydrogen) atoms. The Kier molecular flexibility index (Phi) is 5.81. The second-order valence-corrected chi connectivity index (χ2v) is 11.7. The maximum Gasteiger partial charge on any atom is 0.416 e. The summed E-state index contributed by atoms with van der Waals surface area (Å²) in [6.45, 7) is 1.89. The smallest absolute Gasteiger partial charge is 0.354 e. The Hall–Kier alpha value is -1.91. The zero-order chi connectivity index (χ0) is 22.4. The van der Waals surface area contributed by atoms with Crippen molar-refractivity contribution < 1.29 is 34.7 Å². The van der Waals surface area contributed by atoms with Crippen LogP contribution in [0.3, 0.4) is 0 Å². The summed E-state index contributed by atoms with van der Waals surface area (Å²) in [5.74, 6) is -0.110. The Morgan fingerprint density at radius 1 is 1.00 bits per heavy atom. The molecule has 0 N–H and O–H groups in total. The van der Waals surface area contributed by atoms with Crippen molar-refractivity contribution in [2.75, 3.05) is 12.9 Å². The zero-order valence-electron chi connectivity index (χ0n) is 16.3. The highest BCUT2D eigenvalue weighted by Crippen LogP contribution is 2.46. The molecule has 1 aliphatic rings. The summed E-state index contributed by atoms with van der Waals surface area (Å²) in [6.07, 6.45) is -3.16. The molecule has 3 rings (SSSR count). The summed E-state index contributed by atoms with van der Waals surface area (Å²) in [7, 11) is -8.11. The number of sulfone groups is 2. The summed E-state index contributed by atoms with van der Waals surface area (Å²) < 4.78 is 96.6. The fourth-order valence-corrected chi connectivity index (χ4v) is 6.35. The Bertz CT molecular complexity index is 1160. The molecule has 1 heterocycles. The Morgan fingerprint density at radius 2 is 1.63 bits per heavy atom. The third kappa shape index (κ3) is 4.13. The molecule has 2 aromatic carbocycles. The SMILES string of the molecule is CC1CCOC(c2cccc(S(C)(=O)=O)c2)(S(=O)(=O)c2cccc(C(F)(F)F)c2)C1. The number of rotatable bonds is 4. The summed E-state index contributed by atoms with van der Waals surface area (Å²) in [6, 6.07) is 8.88. The minimum atomic E-state index is -4.71. The first kappa shape index (κ1) is 22.8. The summed E-state index contributed by atoms with van der Waals surface area (Å²) in [5, 5.41) is 0. The number of halogens is 3. The molecular formula is C20H21F3O5S2. The van der Waals surface area contributed by atoms with Gasteiger partial charge in [-0.05, 0) is 49.1 Å². The lowest BCUT2D eigenvalue weighted by molar-refractivity contribution is -0.137. The maximum absolute atomic E-state index is 13.7. The largest absolute Gasteiger partial charge is 0.416 e. The molecule has 0 aliphatic carbocycles. The van der Waals surface area contributed by atoms with Crippen molar-refractivity contribution in [3.8, 4) is 0 Å². The van der Waals surface area contributed by atoms with Crippen LogP contribution in [-0.2, 0) is 35.5 Å². The summed E-state index contributed by atoms with van der Waals surface area (Å²) >= 11 is 0. The average Bonchev–Trinajstić information content (AvgIpc) is 2.66. The number of benzene rings is 2. The van der Waals surface area contributed by atoms with Crippen LogP contribution in [0.5, 0.6) is 0 Å². The first-order valence-corrected chi connectivity index (χ1v) is 12.5. The van der Waals surface area contributed by atoms with Gasteiger partial charge in [-0.25, -0.2) is 16.8 Å². The molecule has 0 radical (unpaired) electrons. The van der Waals surface area contributed by atoms with Crippen molar-refractivity contribution in [3.63, 3.8) is 0 Å². The van der Waals surface area contributed by atoms with E-state index in [4.69, 9.17) is 4.74 Å². The first-order valence-electron chi connectivity index (χ1n) is 9.14. The van der Waals surface area contributed by atoms with Crippen LogP contribution in [0.15, 0.2) is 58.3 Å². The van der Waals surface area contributed by atoms with Gasteiger partial charge < -0.3 is 4.74 Å². The van der Waals surface area contributed by atoms with Gasteiger partial charge in [0.1, 0.15) is 0 Å². The van der Waals surface area contributed by atoms with Crippen LogP contribution in [0.1, 0.15) is 30.9 Å². The van der Waals surface area contributed by atoms with E-state index in [1.807, 2.05) is 6.92 Å². The van der Waals surface area contributed by atoms with E-state index in [9.17, 15) is 30.0 Å². The average molecular weight is 463 g/mol.